The molecule has 0 saturated heterocycles. The number of nitrogens with one attached hydrogen (secondary N) is 1. The van der Waals surface area contributed by atoms with Crippen LogP contribution in [0.25, 0.3) is 0 Å². The van der Waals surface area contributed by atoms with Crippen molar-refractivity contribution in [2.45, 2.75) is 19.4 Å². The fourth-order valence-corrected chi connectivity index (χ4v) is 2.00. The van der Waals surface area contributed by atoms with Gasteiger partial charge in [-0.25, -0.2) is 8.78 Å². The van der Waals surface area contributed by atoms with E-state index in [2.05, 4.69) is 5.32 Å². The molecule has 2 N–H and O–H groups in total. The summed E-state index contributed by atoms with van der Waals surface area (Å²) in [6.07, 6.45) is 0.291. The molecule has 6 heteroatoms. The first-order chi connectivity index (χ1) is 8.90. The Morgan fingerprint density at radius 2 is 2.05 bits per heavy atom. The lowest BCUT2D eigenvalue weighted by Gasteiger charge is -2.15. The van der Waals surface area contributed by atoms with Gasteiger partial charge in [-0.1, -0.05) is 0 Å². The Hall–Kier alpha value is -1.98. The number of carboxylic acid groups (broad SMARTS) is 1. The van der Waals surface area contributed by atoms with Crippen molar-refractivity contribution in [1.82, 2.24) is 5.32 Å². The molecule has 0 radical (unpaired) electrons. The summed E-state index contributed by atoms with van der Waals surface area (Å²) < 4.78 is 26.5. The summed E-state index contributed by atoms with van der Waals surface area (Å²) in [6, 6.07) is 2.29. The molecular formula is C13H13F2NO3. The second-order valence-corrected chi connectivity index (χ2v) is 4.68. The number of carbonyl (C=O) groups excluding carboxylic acids is 1. The third-order valence-corrected chi connectivity index (χ3v) is 3.23. The van der Waals surface area contributed by atoms with Crippen molar-refractivity contribution < 1.29 is 23.5 Å². The minimum atomic E-state index is -1.01. The van der Waals surface area contributed by atoms with E-state index in [0.29, 0.717) is 6.42 Å². The van der Waals surface area contributed by atoms with E-state index in [1.165, 1.54) is 6.92 Å². The molecule has 1 amide bonds. The minimum absolute atomic E-state index is 0.0425. The molecule has 1 unspecified atom stereocenters. The lowest BCUT2D eigenvalue weighted by atomic mass is 10.1. The molecule has 3 atom stereocenters. The number of carbonyl (C=O) groups is 2. The number of halogens is 2. The van der Waals surface area contributed by atoms with Gasteiger partial charge in [-0.15, -0.1) is 0 Å². The van der Waals surface area contributed by atoms with Crippen LogP contribution in [0.4, 0.5) is 8.78 Å². The Kier molecular flexibility index (Phi) is 3.50. The van der Waals surface area contributed by atoms with Gasteiger partial charge in [0.25, 0.3) is 0 Å². The molecule has 0 heterocycles. The van der Waals surface area contributed by atoms with Gasteiger partial charge in [-0.2, -0.15) is 0 Å². The van der Waals surface area contributed by atoms with Gasteiger partial charge in [0, 0.05) is 5.56 Å². The Balaban J connectivity index is 2.01. The molecule has 1 aromatic carbocycles. The molecule has 19 heavy (non-hydrogen) atoms. The van der Waals surface area contributed by atoms with Gasteiger partial charge >= 0.3 is 5.97 Å². The molecule has 2 rings (SSSR count). The van der Waals surface area contributed by atoms with Crippen molar-refractivity contribution in [2.75, 3.05) is 0 Å². The van der Waals surface area contributed by atoms with Crippen LogP contribution in [0, 0.1) is 23.5 Å². The van der Waals surface area contributed by atoms with Crippen LogP contribution in [0.1, 0.15) is 24.9 Å². The SMILES string of the molecule is CC(NC(=O)[C@@H]1C[C@@H]1C(=O)O)c1cc(F)ccc1F. The van der Waals surface area contributed by atoms with E-state index < -0.39 is 41.4 Å². The van der Waals surface area contributed by atoms with Gasteiger partial charge in [-0.3, -0.25) is 9.59 Å². The second-order valence-electron chi connectivity index (χ2n) is 4.68. The number of rotatable bonds is 4. The van der Waals surface area contributed by atoms with Crippen LogP contribution in [-0.2, 0) is 9.59 Å². The van der Waals surface area contributed by atoms with Crippen molar-refractivity contribution >= 4 is 11.9 Å². The number of amides is 1. The Morgan fingerprint density at radius 3 is 2.63 bits per heavy atom. The minimum Gasteiger partial charge on any atom is -0.481 e. The first kappa shape index (κ1) is 13.5. The largest absolute Gasteiger partial charge is 0.481 e. The smallest absolute Gasteiger partial charge is 0.307 e. The van der Waals surface area contributed by atoms with Gasteiger partial charge in [0.05, 0.1) is 17.9 Å². The summed E-state index contributed by atoms with van der Waals surface area (Å²) in [5.41, 5.74) is 0.0425. The van der Waals surface area contributed by atoms with E-state index in [-0.39, 0.29) is 5.56 Å². The third-order valence-electron chi connectivity index (χ3n) is 3.23. The van der Waals surface area contributed by atoms with Crippen LogP contribution >= 0.6 is 0 Å². The molecule has 1 aliphatic carbocycles. The average molecular weight is 269 g/mol. The Bertz CT molecular complexity index is 533. The highest BCUT2D eigenvalue weighted by Gasteiger charge is 2.48. The highest BCUT2D eigenvalue weighted by atomic mass is 19.1. The summed E-state index contributed by atoms with van der Waals surface area (Å²) in [6.45, 7) is 1.52. The monoisotopic (exact) mass is 269 g/mol. The molecular weight excluding hydrogens is 256 g/mol. The summed E-state index contributed by atoms with van der Waals surface area (Å²) in [5.74, 6) is -3.89. The standard InChI is InChI=1S/C13H13F2NO3/c1-6(8-4-7(14)2-3-11(8)15)16-12(17)9-5-10(9)13(18)19/h2-4,6,9-10H,5H2,1H3,(H,16,17)(H,18,19)/t6?,9-,10+/m1/s1. The summed E-state index contributed by atoms with van der Waals surface area (Å²) in [7, 11) is 0. The van der Waals surface area contributed by atoms with E-state index in [1.807, 2.05) is 0 Å². The van der Waals surface area contributed by atoms with E-state index in [9.17, 15) is 18.4 Å². The zero-order chi connectivity index (χ0) is 14.2. The molecule has 1 aromatic rings. The van der Waals surface area contributed by atoms with Crippen LogP contribution in [-0.4, -0.2) is 17.0 Å². The molecule has 1 saturated carbocycles. The number of aliphatic carboxylic acids is 1. The predicted octanol–water partition coefficient (Wildman–Crippen LogP) is 1.86. The first-order valence-corrected chi connectivity index (χ1v) is 5.88. The molecule has 1 fully saturated rings. The van der Waals surface area contributed by atoms with Crippen molar-refractivity contribution in [3.63, 3.8) is 0 Å². The van der Waals surface area contributed by atoms with Crippen LogP contribution in [0.3, 0.4) is 0 Å². The fraction of sp³-hybridized carbons (Fsp3) is 0.385. The van der Waals surface area contributed by atoms with Crippen LogP contribution < -0.4 is 5.32 Å². The van der Waals surface area contributed by atoms with E-state index in [0.717, 1.165) is 18.2 Å². The molecule has 0 aliphatic heterocycles. The van der Waals surface area contributed by atoms with E-state index in [1.54, 1.807) is 0 Å². The van der Waals surface area contributed by atoms with Gasteiger partial charge in [0.2, 0.25) is 5.91 Å². The van der Waals surface area contributed by atoms with Crippen molar-refractivity contribution in [2.24, 2.45) is 11.8 Å². The quantitative estimate of drug-likeness (QED) is 0.876. The zero-order valence-corrected chi connectivity index (χ0v) is 10.2. The topological polar surface area (TPSA) is 66.4 Å². The third kappa shape index (κ3) is 2.89. The van der Waals surface area contributed by atoms with Gasteiger partial charge in [-0.05, 0) is 31.5 Å². The zero-order valence-electron chi connectivity index (χ0n) is 10.2. The Labute approximate surface area is 108 Å². The van der Waals surface area contributed by atoms with E-state index >= 15 is 0 Å². The molecule has 1 aliphatic rings. The van der Waals surface area contributed by atoms with Crippen molar-refractivity contribution in [1.29, 1.82) is 0 Å². The first-order valence-electron chi connectivity index (χ1n) is 5.88. The van der Waals surface area contributed by atoms with Gasteiger partial charge in [0.15, 0.2) is 0 Å². The van der Waals surface area contributed by atoms with Crippen molar-refractivity contribution in [3.8, 4) is 0 Å². The van der Waals surface area contributed by atoms with Gasteiger partial charge < -0.3 is 10.4 Å². The lowest BCUT2D eigenvalue weighted by molar-refractivity contribution is -0.140. The molecule has 4 nitrogen and oxygen atoms in total. The number of benzene rings is 1. The molecule has 0 aromatic heterocycles. The predicted molar refractivity (Wildman–Crippen MR) is 62.1 cm³/mol. The average Bonchev–Trinajstić information content (AvgIpc) is 3.12. The Morgan fingerprint density at radius 1 is 1.37 bits per heavy atom. The normalized spacial score (nSPS) is 22.7. The fourth-order valence-electron chi connectivity index (χ4n) is 2.00. The highest BCUT2D eigenvalue weighted by molar-refractivity contribution is 5.89. The second kappa shape index (κ2) is 4.95. The maximum atomic E-state index is 13.5. The highest BCUT2D eigenvalue weighted by Crippen LogP contribution is 2.39. The molecule has 0 bridgehead atoms. The molecule has 102 valence electrons. The van der Waals surface area contributed by atoms with Crippen LogP contribution in [0.2, 0.25) is 0 Å². The summed E-state index contributed by atoms with van der Waals surface area (Å²) >= 11 is 0. The van der Waals surface area contributed by atoms with Gasteiger partial charge in [0.1, 0.15) is 11.6 Å². The van der Waals surface area contributed by atoms with Crippen LogP contribution in [0.15, 0.2) is 18.2 Å². The lowest BCUT2D eigenvalue weighted by Crippen LogP contribution is -2.29. The molecule has 0 spiro atoms. The number of hydrogen-bond donors (Lipinski definition) is 2. The summed E-state index contributed by atoms with van der Waals surface area (Å²) in [5, 5.41) is 11.2. The van der Waals surface area contributed by atoms with Crippen LogP contribution in [0.5, 0.6) is 0 Å². The number of hydrogen-bond acceptors (Lipinski definition) is 2. The maximum Gasteiger partial charge on any atom is 0.307 e. The summed E-state index contributed by atoms with van der Waals surface area (Å²) in [4.78, 5) is 22.4. The van der Waals surface area contributed by atoms with E-state index in [4.69, 9.17) is 5.11 Å². The number of carboxylic acids is 1. The van der Waals surface area contributed by atoms with Crippen molar-refractivity contribution in [3.05, 3.63) is 35.4 Å². The maximum absolute atomic E-state index is 13.5.